The van der Waals surface area contributed by atoms with Crippen molar-refractivity contribution >= 4 is 5.78 Å². The van der Waals surface area contributed by atoms with Gasteiger partial charge in [-0.25, -0.2) is 0 Å². The van der Waals surface area contributed by atoms with Crippen molar-refractivity contribution in [1.29, 1.82) is 0 Å². The van der Waals surface area contributed by atoms with Crippen LogP contribution < -0.4 is 4.74 Å². The van der Waals surface area contributed by atoms with E-state index in [2.05, 4.69) is 17.0 Å². The van der Waals surface area contributed by atoms with Crippen LogP contribution in [0.3, 0.4) is 0 Å². The molecule has 128 valence electrons. The maximum atomic E-state index is 13.2. The van der Waals surface area contributed by atoms with Gasteiger partial charge in [0.2, 0.25) is 0 Å². The Kier molecular flexibility index (Phi) is 6.16. The molecule has 0 saturated carbocycles. The van der Waals surface area contributed by atoms with E-state index in [1.807, 2.05) is 58.3 Å². The minimum Gasteiger partial charge on any atom is -0.496 e. The molecule has 0 aliphatic rings. The zero-order chi connectivity index (χ0) is 17.7. The average Bonchev–Trinajstić information content (AvgIpc) is 2.56. The van der Waals surface area contributed by atoms with Gasteiger partial charge in [-0.3, -0.25) is 4.79 Å². The van der Waals surface area contributed by atoms with Crippen LogP contribution >= 0.6 is 0 Å². The molecule has 0 aliphatic heterocycles. The van der Waals surface area contributed by atoms with Crippen molar-refractivity contribution in [3.8, 4) is 5.75 Å². The number of methoxy groups -OCH3 is 1. The fourth-order valence-corrected chi connectivity index (χ4v) is 3.08. The van der Waals surface area contributed by atoms with Crippen LogP contribution in [0, 0.1) is 19.8 Å². The maximum absolute atomic E-state index is 13.2. The van der Waals surface area contributed by atoms with E-state index in [1.165, 1.54) is 5.56 Å². The average molecular weight is 325 g/mol. The summed E-state index contributed by atoms with van der Waals surface area (Å²) in [5.41, 5.74) is 4.04. The van der Waals surface area contributed by atoms with Gasteiger partial charge in [-0.15, -0.1) is 0 Å². The summed E-state index contributed by atoms with van der Waals surface area (Å²) in [5.74, 6) is 0.973. The van der Waals surface area contributed by atoms with Crippen molar-refractivity contribution < 1.29 is 9.53 Å². The molecule has 0 N–H and O–H groups in total. The molecule has 0 aromatic heterocycles. The van der Waals surface area contributed by atoms with Gasteiger partial charge in [0.25, 0.3) is 0 Å². The van der Waals surface area contributed by atoms with Crippen molar-refractivity contribution in [1.82, 2.24) is 4.90 Å². The molecule has 0 aliphatic carbocycles. The van der Waals surface area contributed by atoms with Gasteiger partial charge in [0.15, 0.2) is 5.78 Å². The Hall–Kier alpha value is -2.13. The monoisotopic (exact) mass is 325 g/mol. The van der Waals surface area contributed by atoms with E-state index in [4.69, 9.17) is 4.74 Å². The summed E-state index contributed by atoms with van der Waals surface area (Å²) in [4.78, 5) is 15.3. The Morgan fingerprint density at radius 3 is 2.29 bits per heavy atom. The highest BCUT2D eigenvalue weighted by Crippen LogP contribution is 2.26. The summed E-state index contributed by atoms with van der Waals surface area (Å²) in [6.07, 6.45) is 0.752. The van der Waals surface area contributed by atoms with Crippen LogP contribution in [-0.4, -0.2) is 38.4 Å². The molecule has 0 spiro atoms. The second-order valence-corrected chi connectivity index (χ2v) is 6.58. The standard InChI is InChI=1S/C21H27NO2/c1-15-16(2)20(24-5)12-11-19(15)21(23)18(14-22(3)4)13-17-9-7-6-8-10-17/h6-12,18H,13-14H2,1-5H3. The third-order valence-corrected chi connectivity index (χ3v) is 4.50. The van der Waals surface area contributed by atoms with Gasteiger partial charge in [-0.1, -0.05) is 30.3 Å². The van der Waals surface area contributed by atoms with E-state index in [-0.39, 0.29) is 11.7 Å². The lowest BCUT2D eigenvalue weighted by Gasteiger charge is -2.22. The number of hydrogen-bond acceptors (Lipinski definition) is 3. The Morgan fingerprint density at radius 2 is 1.71 bits per heavy atom. The van der Waals surface area contributed by atoms with E-state index >= 15 is 0 Å². The molecule has 2 aromatic carbocycles. The predicted octanol–water partition coefficient (Wildman–Crippen LogP) is 3.92. The number of carbonyl (C=O) groups is 1. The summed E-state index contributed by atoms with van der Waals surface area (Å²) in [7, 11) is 5.68. The first-order chi connectivity index (χ1) is 11.4. The number of ether oxygens (including phenoxy) is 1. The van der Waals surface area contributed by atoms with Gasteiger partial charge in [0.1, 0.15) is 5.75 Å². The molecule has 3 heteroatoms. The number of benzene rings is 2. The topological polar surface area (TPSA) is 29.5 Å². The molecule has 2 aromatic rings. The molecule has 0 bridgehead atoms. The predicted molar refractivity (Wildman–Crippen MR) is 99.0 cm³/mol. The van der Waals surface area contributed by atoms with E-state index in [0.29, 0.717) is 0 Å². The molecule has 0 heterocycles. The van der Waals surface area contributed by atoms with Gasteiger partial charge in [-0.2, -0.15) is 0 Å². The molecule has 0 saturated heterocycles. The van der Waals surface area contributed by atoms with E-state index in [0.717, 1.165) is 35.4 Å². The van der Waals surface area contributed by atoms with Crippen molar-refractivity contribution in [3.63, 3.8) is 0 Å². The number of ketones is 1. The lowest BCUT2D eigenvalue weighted by molar-refractivity contribution is 0.0896. The van der Waals surface area contributed by atoms with Gasteiger partial charge < -0.3 is 9.64 Å². The summed E-state index contributed by atoms with van der Waals surface area (Å²) >= 11 is 0. The smallest absolute Gasteiger partial charge is 0.167 e. The summed E-state index contributed by atoms with van der Waals surface area (Å²) in [6.45, 7) is 4.74. The van der Waals surface area contributed by atoms with Crippen LogP contribution in [0.5, 0.6) is 5.75 Å². The van der Waals surface area contributed by atoms with Crippen molar-refractivity contribution in [2.75, 3.05) is 27.7 Å². The van der Waals surface area contributed by atoms with Gasteiger partial charge in [-0.05, 0) is 63.2 Å². The zero-order valence-electron chi connectivity index (χ0n) is 15.3. The van der Waals surface area contributed by atoms with Crippen LogP contribution in [0.4, 0.5) is 0 Å². The first-order valence-corrected chi connectivity index (χ1v) is 8.31. The third-order valence-electron chi connectivity index (χ3n) is 4.50. The normalized spacial score (nSPS) is 12.2. The Bertz CT molecular complexity index is 692. The second-order valence-electron chi connectivity index (χ2n) is 6.58. The van der Waals surface area contributed by atoms with Crippen molar-refractivity contribution in [2.45, 2.75) is 20.3 Å². The van der Waals surface area contributed by atoms with Crippen LogP contribution in [0.2, 0.25) is 0 Å². The first kappa shape index (κ1) is 18.2. The number of Topliss-reactive ketones (excluding diaryl/α,β-unsaturated/α-hetero) is 1. The summed E-state index contributed by atoms with van der Waals surface area (Å²) in [6, 6.07) is 14.0. The number of nitrogens with zero attached hydrogens (tertiary/aromatic N) is 1. The number of rotatable bonds is 7. The van der Waals surface area contributed by atoms with Gasteiger partial charge in [0, 0.05) is 18.0 Å². The maximum Gasteiger partial charge on any atom is 0.167 e. The largest absolute Gasteiger partial charge is 0.496 e. The molecule has 2 rings (SSSR count). The quantitative estimate of drug-likeness (QED) is 0.723. The van der Waals surface area contributed by atoms with Gasteiger partial charge >= 0.3 is 0 Å². The molecule has 24 heavy (non-hydrogen) atoms. The first-order valence-electron chi connectivity index (χ1n) is 8.31. The van der Waals surface area contributed by atoms with E-state index < -0.39 is 0 Å². The third kappa shape index (κ3) is 4.24. The molecule has 0 amide bonds. The van der Waals surface area contributed by atoms with Crippen LogP contribution in [-0.2, 0) is 6.42 Å². The molecule has 1 unspecified atom stereocenters. The fourth-order valence-electron chi connectivity index (χ4n) is 3.08. The summed E-state index contributed by atoms with van der Waals surface area (Å²) in [5, 5.41) is 0. The highest BCUT2D eigenvalue weighted by molar-refractivity contribution is 6.00. The lowest BCUT2D eigenvalue weighted by atomic mass is 9.88. The van der Waals surface area contributed by atoms with E-state index in [1.54, 1.807) is 7.11 Å². The Morgan fingerprint density at radius 1 is 1.04 bits per heavy atom. The highest BCUT2D eigenvalue weighted by atomic mass is 16.5. The van der Waals surface area contributed by atoms with Crippen LogP contribution in [0.1, 0.15) is 27.0 Å². The zero-order valence-corrected chi connectivity index (χ0v) is 15.3. The second kappa shape index (κ2) is 8.11. The minimum atomic E-state index is -0.0612. The molecular weight excluding hydrogens is 298 g/mol. The molecule has 3 nitrogen and oxygen atoms in total. The lowest BCUT2D eigenvalue weighted by Crippen LogP contribution is -2.30. The van der Waals surface area contributed by atoms with Crippen molar-refractivity contribution in [2.24, 2.45) is 5.92 Å². The van der Waals surface area contributed by atoms with Crippen LogP contribution in [0.15, 0.2) is 42.5 Å². The van der Waals surface area contributed by atoms with E-state index in [9.17, 15) is 4.79 Å². The Labute approximate surface area is 145 Å². The van der Waals surface area contributed by atoms with Gasteiger partial charge in [0.05, 0.1) is 7.11 Å². The van der Waals surface area contributed by atoms with Crippen molar-refractivity contribution in [3.05, 3.63) is 64.7 Å². The molecule has 1 atom stereocenters. The number of hydrogen-bond donors (Lipinski definition) is 0. The fraction of sp³-hybridized carbons (Fsp3) is 0.381. The Balaban J connectivity index is 2.32. The SMILES string of the molecule is COc1ccc(C(=O)C(Cc2ccccc2)CN(C)C)c(C)c1C. The highest BCUT2D eigenvalue weighted by Gasteiger charge is 2.23. The van der Waals surface area contributed by atoms with Crippen LogP contribution in [0.25, 0.3) is 0 Å². The molecule has 0 fully saturated rings. The molecule has 0 radical (unpaired) electrons. The number of carbonyl (C=O) groups excluding carboxylic acids is 1. The molecular formula is C21H27NO2. The summed E-state index contributed by atoms with van der Waals surface area (Å²) < 4.78 is 5.36. The minimum absolute atomic E-state index is 0.0612.